The second-order valence-electron chi connectivity index (χ2n) is 3.47. The first kappa shape index (κ1) is 17.9. The van der Waals surface area contributed by atoms with Crippen LogP contribution in [0.1, 0.15) is 25.7 Å². The Morgan fingerprint density at radius 1 is 1.12 bits per heavy atom. The molecule has 1 aliphatic rings. The average Bonchev–Trinajstić information content (AvgIpc) is 2.19. The molecule has 0 bridgehead atoms. The van der Waals surface area contributed by atoms with Gasteiger partial charge in [-0.15, -0.1) is 12.6 Å². The standard InChI is InChI=1S/C7H14N2.C2H2O4.Pt/c8-5-6-3-1-2-4-7(6)9;3-1(4)2(5)6;/h6-9H,1-5H2;(H,3,4)(H,5,6);/q-2;;+2. The number of carbonyl (C=O) groups is 2. The van der Waals surface area contributed by atoms with E-state index in [4.69, 9.17) is 31.3 Å². The number of nitrogens with one attached hydrogen (secondary N) is 2. The monoisotopic (exact) mass is 411 g/mol. The van der Waals surface area contributed by atoms with Crippen LogP contribution in [0.4, 0.5) is 0 Å². The van der Waals surface area contributed by atoms with Crippen LogP contribution in [0.25, 0.3) is 11.5 Å². The molecule has 1 fully saturated rings. The number of carboxylic acid groups (broad SMARTS) is 2. The first-order chi connectivity index (χ1) is 6.99. The fraction of sp³-hybridized carbons (Fsp3) is 0.778. The number of hydrogen-bond donors (Lipinski definition) is 2. The van der Waals surface area contributed by atoms with Gasteiger partial charge in [-0.2, -0.15) is 0 Å². The Morgan fingerprint density at radius 2 is 1.56 bits per heavy atom. The first-order valence-electron chi connectivity index (χ1n) is 4.81. The molecule has 96 valence electrons. The van der Waals surface area contributed by atoms with Gasteiger partial charge < -0.3 is 21.7 Å². The number of aliphatic carboxylic acids is 2. The van der Waals surface area contributed by atoms with Crippen molar-refractivity contribution in [2.75, 3.05) is 6.54 Å². The van der Waals surface area contributed by atoms with E-state index in [1.54, 1.807) is 0 Å². The van der Waals surface area contributed by atoms with E-state index in [1.807, 2.05) is 0 Å². The molecule has 0 spiro atoms. The maximum atomic E-state index is 9.10. The number of carboxylic acids is 2. The van der Waals surface area contributed by atoms with Crippen molar-refractivity contribution in [1.82, 2.24) is 0 Å². The molecule has 0 aromatic rings. The van der Waals surface area contributed by atoms with Crippen LogP contribution in [0, 0.1) is 5.92 Å². The Balaban J connectivity index is 0. The Morgan fingerprint density at radius 3 is 1.81 bits per heavy atom. The van der Waals surface area contributed by atoms with Crippen molar-refractivity contribution in [3.05, 3.63) is 11.5 Å². The molecule has 0 saturated heterocycles. The zero-order valence-electron chi connectivity index (χ0n) is 8.72. The summed E-state index contributed by atoms with van der Waals surface area (Å²) in [5.74, 6) is -3.26. The minimum atomic E-state index is -1.82. The van der Waals surface area contributed by atoms with Crippen LogP contribution in [0.15, 0.2) is 0 Å². The molecule has 2 unspecified atom stereocenters. The number of rotatable bonds is 1. The second kappa shape index (κ2) is 9.75. The topological polar surface area (TPSA) is 122 Å². The van der Waals surface area contributed by atoms with Crippen molar-refractivity contribution in [2.24, 2.45) is 5.92 Å². The van der Waals surface area contributed by atoms with Gasteiger partial charge >= 0.3 is 33.0 Å². The van der Waals surface area contributed by atoms with E-state index < -0.39 is 11.9 Å². The molecule has 4 N–H and O–H groups in total. The van der Waals surface area contributed by atoms with Crippen LogP contribution in [-0.2, 0) is 30.7 Å². The maximum Gasteiger partial charge on any atom is 2.00 e. The summed E-state index contributed by atoms with van der Waals surface area (Å²) in [6.07, 6.45) is 4.62. The molecule has 2 atom stereocenters. The van der Waals surface area contributed by atoms with Crippen LogP contribution in [0.2, 0.25) is 0 Å². The zero-order chi connectivity index (χ0) is 11.8. The average molecular weight is 411 g/mol. The summed E-state index contributed by atoms with van der Waals surface area (Å²) in [6.45, 7) is 0.466. The van der Waals surface area contributed by atoms with Gasteiger partial charge in [-0.25, -0.2) is 9.59 Å². The SMILES string of the molecule is O=C(O)C(=O)O.[NH-]CC1CCCCC1[NH-].[Pt+2]. The quantitative estimate of drug-likeness (QED) is 0.639. The van der Waals surface area contributed by atoms with Crippen LogP contribution >= 0.6 is 0 Å². The van der Waals surface area contributed by atoms with Crippen molar-refractivity contribution in [3.8, 4) is 0 Å². The summed E-state index contributed by atoms with van der Waals surface area (Å²) >= 11 is 0. The predicted octanol–water partition coefficient (Wildman–Crippen LogP) is 1.80. The van der Waals surface area contributed by atoms with E-state index in [2.05, 4.69) is 0 Å². The van der Waals surface area contributed by atoms with Crippen molar-refractivity contribution in [1.29, 1.82) is 0 Å². The third kappa shape index (κ3) is 7.79. The second-order valence-corrected chi connectivity index (χ2v) is 3.47. The van der Waals surface area contributed by atoms with E-state index in [-0.39, 0.29) is 27.1 Å². The Hall–Kier alpha value is -0.452. The van der Waals surface area contributed by atoms with Crippen molar-refractivity contribution in [2.45, 2.75) is 31.7 Å². The summed E-state index contributed by atoms with van der Waals surface area (Å²) in [5, 5.41) is 14.8. The minimum absolute atomic E-state index is 0. The van der Waals surface area contributed by atoms with Gasteiger partial charge in [-0.3, -0.25) is 0 Å². The summed E-state index contributed by atoms with van der Waals surface area (Å²) in [5.41, 5.74) is 14.6. The van der Waals surface area contributed by atoms with Crippen molar-refractivity contribution >= 4 is 11.9 Å². The summed E-state index contributed by atoms with van der Waals surface area (Å²) in [4.78, 5) is 18.2. The predicted molar refractivity (Wildman–Crippen MR) is 54.5 cm³/mol. The maximum absolute atomic E-state index is 9.10. The molecule has 1 rings (SSSR count). The molecule has 0 aromatic heterocycles. The normalized spacial score (nSPS) is 23.4. The smallest absolute Gasteiger partial charge is 0.677 e. The van der Waals surface area contributed by atoms with Gasteiger partial charge in [0.15, 0.2) is 0 Å². The van der Waals surface area contributed by atoms with E-state index in [9.17, 15) is 0 Å². The van der Waals surface area contributed by atoms with Gasteiger partial charge in [0.05, 0.1) is 0 Å². The molecule has 0 amide bonds. The van der Waals surface area contributed by atoms with Crippen molar-refractivity contribution in [3.63, 3.8) is 0 Å². The molecule has 0 aliphatic heterocycles. The van der Waals surface area contributed by atoms with Gasteiger partial charge in [0.25, 0.3) is 0 Å². The molecule has 0 heterocycles. The zero-order valence-corrected chi connectivity index (χ0v) is 11.0. The third-order valence-electron chi connectivity index (χ3n) is 2.35. The van der Waals surface area contributed by atoms with E-state index >= 15 is 0 Å². The van der Waals surface area contributed by atoms with Gasteiger partial charge in [0.2, 0.25) is 0 Å². The molecule has 7 heteroatoms. The molecule has 6 nitrogen and oxygen atoms in total. The van der Waals surface area contributed by atoms with Gasteiger partial charge in [0.1, 0.15) is 0 Å². The molecular weight excluding hydrogens is 395 g/mol. The van der Waals surface area contributed by atoms with E-state index in [0.717, 1.165) is 12.8 Å². The first-order valence-corrected chi connectivity index (χ1v) is 4.81. The Kier molecular flexibility index (Phi) is 10.9. The van der Waals surface area contributed by atoms with Crippen LogP contribution in [0.3, 0.4) is 0 Å². The molecular formula is C9H16N2O4Pt. The van der Waals surface area contributed by atoms with Gasteiger partial charge in [-0.05, 0) is 0 Å². The molecule has 0 aromatic carbocycles. The molecule has 0 radical (unpaired) electrons. The Labute approximate surface area is 109 Å². The Bertz CT molecular complexity index is 214. The van der Waals surface area contributed by atoms with Gasteiger partial charge in [-0.1, -0.05) is 31.6 Å². The van der Waals surface area contributed by atoms with Crippen molar-refractivity contribution < 1.29 is 40.9 Å². The minimum Gasteiger partial charge on any atom is -0.677 e. The van der Waals surface area contributed by atoms with E-state index in [1.165, 1.54) is 12.8 Å². The number of hydrogen-bond acceptors (Lipinski definition) is 2. The largest absolute Gasteiger partial charge is 2.00 e. The molecule has 16 heavy (non-hydrogen) atoms. The summed E-state index contributed by atoms with van der Waals surface area (Å²) in [7, 11) is 0. The van der Waals surface area contributed by atoms with Gasteiger partial charge in [0, 0.05) is 0 Å². The fourth-order valence-corrected chi connectivity index (χ4v) is 1.45. The van der Waals surface area contributed by atoms with Crippen LogP contribution < -0.4 is 0 Å². The summed E-state index contributed by atoms with van der Waals surface area (Å²) in [6, 6.07) is 0.0799. The van der Waals surface area contributed by atoms with E-state index in [0.29, 0.717) is 12.5 Å². The summed E-state index contributed by atoms with van der Waals surface area (Å²) < 4.78 is 0. The molecule has 1 aliphatic carbocycles. The fourth-order valence-electron chi connectivity index (χ4n) is 1.45. The van der Waals surface area contributed by atoms with Crippen LogP contribution in [0.5, 0.6) is 0 Å². The third-order valence-corrected chi connectivity index (χ3v) is 2.35. The van der Waals surface area contributed by atoms with Crippen LogP contribution in [-0.4, -0.2) is 34.7 Å². The molecule has 1 saturated carbocycles.